The van der Waals surface area contributed by atoms with Gasteiger partial charge in [0.15, 0.2) is 27.3 Å². The molecule has 2 aromatic heterocycles. The molecule has 1 aliphatic rings. The van der Waals surface area contributed by atoms with Gasteiger partial charge in [-0.2, -0.15) is 0 Å². The van der Waals surface area contributed by atoms with E-state index < -0.39 is 15.9 Å². The molecule has 6 N–H and O–H groups in total. The van der Waals surface area contributed by atoms with Crippen molar-refractivity contribution in [3.8, 4) is 39.8 Å². The molecule has 4 aromatic rings. The highest BCUT2D eigenvalue weighted by molar-refractivity contribution is 7.92. The maximum Gasteiger partial charge on any atom is 0.411 e. The van der Waals surface area contributed by atoms with Gasteiger partial charge in [-0.25, -0.2) is 23.2 Å². The Balaban J connectivity index is 1.44. The molecular weight excluding hydrogens is 510 g/mol. The Morgan fingerprint density at radius 1 is 1.05 bits per heavy atom. The van der Waals surface area contributed by atoms with Crippen molar-refractivity contribution >= 4 is 21.9 Å². The number of carbonyl (C=O) groups is 1. The van der Waals surface area contributed by atoms with Crippen LogP contribution in [0.1, 0.15) is 18.4 Å². The first-order valence-electron chi connectivity index (χ1n) is 11.5. The topological polar surface area (TPSA) is 200 Å². The Labute approximate surface area is 217 Å². The fourth-order valence-corrected chi connectivity index (χ4v) is 5.40. The number of nitrogens with zero attached hydrogens (tertiary/aromatic N) is 3. The lowest BCUT2D eigenvalue weighted by molar-refractivity contribution is 0.209. The second kappa shape index (κ2) is 9.94. The van der Waals surface area contributed by atoms with Crippen LogP contribution in [0.3, 0.4) is 0 Å². The Morgan fingerprint density at radius 2 is 1.71 bits per heavy atom. The smallest absolute Gasteiger partial charge is 0.389 e. The molecule has 38 heavy (non-hydrogen) atoms. The molecule has 1 fully saturated rings. The highest BCUT2D eigenvalue weighted by Crippen LogP contribution is 2.35. The van der Waals surface area contributed by atoms with Crippen LogP contribution in [0.15, 0.2) is 70.2 Å². The van der Waals surface area contributed by atoms with E-state index in [1.54, 1.807) is 30.3 Å². The lowest BCUT2D eigenvalue weighted by Crippen LogP contribution is -2.29. The number of nitrogens with one attached hydrogen (secondary N) is 2. The van der Waals surface area contributed by atoms with Gasteiger partial charge in [0.2, 0.25) is 0 Å². The number of aromatic nitrogens is 3. The molecule has 1 aliphatic carbocycles. The van der Waals surface area contributed by atoms with Gasteiger partial charge >= 0.3 is 6.09 Å². The first kappa shape index (κ1) is 24.9. The minimum atomic E-state index is -3.32. The second-order valence-electron chi connectivity index (χ2n) is 8.64. The average molecular weight is 534 g/mol. The van der Waals surface area contributed by atoms with Gasteiger partial charge in [0.05, 0.1) is 22.0 Å². The zero-order valence-corrected chi connectivity index (χ0v) is 20.7. The summed E-state index contributed by atoms with van der Waals surface area (Å²) in [4.78, 5) is 20.4. The van der Waals surface area contributed by atoms with E-state index in [1.807, 2.05) is 24.3 Å². The van der Waals surface area contributed by atoms with Crippen molar-refractivity contribution in [3.63, 3.8) is 0 Å². The SMILES string of the molecule is N=C(N)NCc1ccc(-c2cc(-c3nc(-c4ccc(S(=O)(=O)C5CC5)cc4)cnc3OC(N)=O)on2)cc1. The molecule has 0 atom stereocenters. The number of nitrogens with two attached hydrogens (primary N) is 2. The maximum atomic E-state index is 12.5. The standard InChI is InChI=1S/C25H23N7O5S/c26-24(27)30-12-14-1-3-15(4-2-14)19-11-21(37-32-19)22-23(36-25(28)33)29-13-20(31-22)16-5-7-17(8-6-16)38(34,35)18-9-10-18/h1-8,11,13,18H,9-10,12H2,(H2,28,33)(H4,26,27,30). The Morgan fingerprint density at radius 3 is 2.34 bits per heavy atom. The van der Waals surface area contributed by atoms with Crippen molar-refractivity contribution in [2.24, 2.45) is 11.5 Å². The quantitative estimate of drug-likeness (QED) is 0.193. The molecule has 13 heteroatoms. The van der Waals surface area contributed by atoms with Crippen LogP contribution in [0.2, 0.25) is 0 Å². The van der Waals surface area contributed by atoms with Crippen molar-refractivity contribution in [2.45, 2.75) is 29.5 Å². The number of benzene rings is 2. The van der Waals surface area contributed by atoms with Crippen LogP contribution >= 0.6 is 0 Å². The largest absolute Gasteiger partial charge is 0.411 e. The Bertz CT molecular complexity index is 1610. The van der Waals surface area contributed by atoms with E-state index in [0.717, 1.165) is 11.1 Å². The second-order valence-corrected chi connectivity index (χ2v) is 10.9. The molecule has 194 valence electrons. The van der Waals surface area contributed by atoms with E-state index >= 15 is 0 Å². The lowest BCUT2D eigenvalue weighted by atomic mass is 10.1. The number of carbonyl (C=O) groups excluding carboxylic acids is 1. The number of hydrogen-bond acceptors (Lipinski definition) is 9. The van der Waals surface area contributed by atoms with Gasteiger partial charge in [0, 0.05) is 23.7 Å². The first-order valence-corrected chi connectivity index (χ1v) is 13.1. The van der Waals surface area contributed by atoms with E-state index in [2.05, 4.69) is 20.4 Å². The zero-order chi connectivity index (χ0) is 26.9. The summed E-state index contributed by atoms with van der Waals surface area (Å²) in [7, 11) is -3.32. The molecule has 5 rings (SSSR count). The van der Waals surface area contributed by atoms with E-state index in [-0.39, 0.29) is 33.4 Å². The summed E-state index contributed by atoms with van der Waals surface area (Å²) < 4.78 is 35.5. The zero-order valence-electron chi connectivity index (χ0n) is 19.9. The molecular formula is C25H23N7O5S. The average Bonchev–Trinajstić information content (AvgIpc) is 3.66. The summed E-state index contributed by atoms with van der Waals surface area (Å²) in [5, 5.41) is 13.8. The van der Waals surface area contributed by atoms with Gasteiger partial charge in [0.25, 0.3) is 5.88 Å². The van der Waals surface area contributed by atoms with Crippen LogP contribution in [0.5, 0.6) is 5.88 Å². The van der Waals surface area contributed by atoms with Crippen LogP contribution in [0.25, 0.3) is 34.0 Å². The number of sulfone groups is 1. The third-order valence-corrected chi connectivity index (χ3v) is 8.13. The van der Waals surface area contributed by atoms with Gasteiger partial charge in [-0.05, 0) is 30.5 Å². The minimum absolute atomic E-state index is 0.0945. The monoisotopic (exact) mass is 533 g/mol. The van der Waals surface area contributed by atoms with Gasteiger partial charge in [-0.15, -0.1) is 0 Å². The van der Waals surface area contributed by atoms with Crippen molar-refractivity contribution in [3.05, 3.63) is 66.4 Å². The summed E-state index contributed by atoms with van der Waals surface area (Å²) in [6, 6.07) is 15.4. The van der Waals surface area contributed by atoms with Gasteiger partial charge < -0.3 is 26.0 Å². The summed E-state index contributed by atoms with van der Waals surface area (Å²) in [6.07, 6.45) is 1.68. The van der Waals surface area contributed by atoms with Crippen molar-refractivity contribution < 1.29 is 22.5 Å². The Kier molecular flexibility index (Phi) is 6.51. The molecule has 0 aliphatic heterocycles. The molecule has 1 amide bonds. The highest BCUT2D eigenvalue weighted by Gasteiger charge is 2.36. The third-order valence-electron chi connectivity index (χ3n) is 5.85. The Hall–Kier alpha value is -4.78. The minimum Gasteiger partial charge on any atom is -0.389 e. The first-order chi connectivity index (χ1) is 18.2. The number of amides is 1. The summed E-state index contributed by atoms with van der Waals surface area (Å²) >= 11 is 0. The number of rotatable bonds is 8. The lowest BCUT2D eigenvalue weighted by Gasteiger charge is -2.08. The summed E-state index contributed by atoms with van der Waals surface area (Å²) in [6.45, 7) is 0.406. The number of ether oxygens (including phenoxy) is 1. The molecule has 0 unspecified atom stereocenters. The van der Waals surface area contributed by atoms with E-state index in [9.17, 15) is 13.2 Å². The fourth-order valence-electron chi connectivity index (χ4n) is 3.75. The van der Waals surface area contributed by atoms with Crippen molar-refractivity contribution in [1.82, 2.24) is 20.4 Å². The molecule has 0 radical (unpaired) electrons. The molecule has 1 saturated carbocycles. The van der Waals surface area contributed by atoms with E-state index in [1.165, 1.54) is 6.20 Å². The molecule has 12 nitrogen and oxygen atoms in total. The van der Waals surface area contributed by atoms with Crippen LogP contribution in [-0.2, 0) is 16.4 Å². The predicted molar refractivity (Wildman–Crippen MR) is 138 cm³/mol. The third kappa shape index (κ3) is 5.32. The van der Waals surface area contributed by atoms with E-state index in [4.69, 9.17) is 26.1 Å². The molecule has 0 bridgehead atoms. The molecule has 2 heterocycles. The normalized spacial score (nSPS) is 13.2. The summed E-state index contributed by atoms with van der Waals surface area (Å²) in [5.41, 5.74) is 13.8. The van der Waals surface area contributed by atoms with Gasteiger partial charge in [-0.3, -0.25) is 5.41 Å². The van der Waals surface area contributed by atoms with Crippen molar-refractivity contribution in [1.29, 1.82) is 5.41 Å². The molecule has 0 spiro atoms. The van der Waals surface area contributed by atoms with E-state index in [0.29, 0.717) is 36.3 Å². The van der Waals surface area contributed by atoms with Gasteiger partial charge in [-0.1, -0.05) is 41.6 Å². The summed E-state index contributed by atoms with van der Waals surface area (Å²) in [5.74, 6) is -0.102. The van der Waals surface area contributed by atoms with Crippen LogP contribution in [0, 0.1) is 5.41 Å². The molecule has 2 aromatic carbocycles. The fraction of sp³-hybridized carbons (Fsp3) is 0.160. The predicted octanol–water partition coefficient (Wildman–Crippen LogP) is 2.84. The van der Waals surface area contributed by atoms with Crippen molar-refractivity contribution in [2.75, 3.05) is 0 Å². The highest BCUT2D eigenvalue weighted by atomic mass is 32.2. The number of hydrogen-bond donors (Lipinski definition) is 4. The number of primary amides is 1. The van der Waals surface area contributed by atoms with Gasteiger partial charge in [0.1, 0.15) is 5.69 Å². The molecule has 0 saturated heterocycles. The van der Waals surface area contributed by atoms with Crippen LogP contribution < -0.4 is 21.5 Å². The van der Waals surface area contributed by atoms with Crippen LogP contribution in [-0.4, -0.2) is 40.8 Å². The maximum absolute atomic E-state index is 12.5. The number of guanidine groups is 1. The van der Waals surface area contributed by atoms with Crippen LogP contribution in [0.4, 0.5) is 4.79 Å².